The van der Waals surface area contributed by atoms with E-state index in [1.165, 1.54) is 17.2 Å². The molecule has 0 saturated carbocycles. The normalized spacial score (nSPS) is 14.3. The smallest absolute Gasteiger partial charge is 0.338 e. The number of carboxylic acid groups (broad SMARTS) is 1. The number of benzene rings is 1. The quantitative estimate of drug-likeness (QED) is 0.879. The van der Waals surface area contributed by atoms with Crippen molar-refractivity contribution in [2.75, 3.05) is 19.6 Å². The van der Waals surface area contributed by atoms with Crippen LogP contribution in [0.3, 0.4) is 0 Å². The van der Waals surface area contributed by atoms with E-state index < -0.39 is 11.9 Å². The van der Waals surface area contributed by atoms with Crippen molar-refractivity contribution in [3.8, 4) is 0 Å². The molecule has 1 aromatic heterocycles. The molecule has 3 rings (SSSR count). The lowest BCUT2D eigenvalue weighted by molar-refractivity contribution is 0.0695. The molecule has 6 heteroatoms. The van der Waals surface area contributed by atoms with Crippen LogP contribution in [-0.2, 0) is 13.0 Å². The van der Waals surface area contributed by atoms with Crippen LogP contribution in [0.25, 0.3) is 0 Å². The van der Waals surface area contributed by atoms with Crippen molar-refractivity contribution in [2.45, 2.75) is 13.0 Å². The third kappa shape index (κ3) is 3.60. The summed E-state index contributed by atoms with van der Waals surface area (Å²) in [5.41, 5.74) is 2.70. The molecule has 0 unspecified atom stereocenters. The minimum Gasteiger partial charge on any atom is -0.478 e. The maximum Gasteiger partial charge on any atom is 0.338 e. The van der Waals surface area contributed by atoms with E-state index in [4.69, 9.17) is 9.52 Å². The van der Waals surface area contributed by atoms with Crippen molar-refractivity contribution in [1.82, 2.24) is 10.2 Å². The fourth-order valence-electron chi connectivity index (χ4n) is 2.73. The maximum atomic E-state index is 11.9. The second kappa shape index (κ2) is 6.66. The number of carbonyl (C=O) groups is 2. The van der Waals surface area contributed by atoms with Gasteiger partial charge in [0.05, 0.1) is 5.56 Å². The summed E-state index contributed by atoms with van der Waals surface area (Å²) in [5, 5.41) is 11.6. The first-order chi connectivity index (χ1) is 11.1. The van der Waals surface area contributed by atoms with Crippen LogP contribution in [0.2, 0.25) is 0 Å². The van der Waals surface area contributed by atoms with Gasteiger partial charge in [0.25, 0.3) is 5.91 Å². The van der Waals surface area contributed by atoms with Crippen molar-refractivity contribution in [3.05, 3.63) is 59.0 Å². The van der Waals surface area contributed by atoms with E-state index in [0.29, 0.717) is 6.54 Å². The monoisotopic (exact) mass is 314 g/mol. The molecule has 0 atom stereocenters. The number of carboxylic acids is 1. The standard InChI is InChI=1S/C17H18N2O4/c20-16(15-9-14(11-23-15)17(21)22)18-6-8-19-7-5-12-3-1-2-4-13(12)10-19/h1-4,9,11H,5-8,10H2,(H,18,20)(H,21,22). The second-order valence-corrected chi connectivity index (χ2v) is 5.56. The molecule has 6 nitrogen and oxygen atoms in total. The van der Waals surface area contributed by atoms with Crippen LogP contribution in [0.1, 0.15) is 32.0 Å². The Morgan fingerprint density at radius 2 is 2.04 bits per heavy atom. The van der Waals surface area contributed by atoms with E-state index in [9.17, 15) is 9.59 Å². The first kappa shape index (κ1) is 15.3. The molecule has 1 aromatic carbocycles. The first-order valence-corrected chi connectivity index (χ1v) is 7.52. The predicted octanol–water partition coefficient (Wildman–Crippen LogP) is 1.77. The SMILES string of the molecule is O=C(O)c1coc(C(=O)NCCN2CCc3ccccc3C2)c1. The van der Waals surface area contributed by atoms with Crippen LogP contribution in [0.15, 0.2) is 41.0 Å². The van der Waals surface area contributed by atoms with Gasteiger partial charge in [0.15, 0.2) is 5.76 Å². The summed E-state index contributed by atoms with van der Waals surface area (Å²) in [6.45, 7) is 3.09. The van der Waals surface area contributed by atoms with Crippen LogP contribution in [0.5, 0.6) is 0 Å². The zero-order valence-corrected chi connectivity index (χ0v) is 12.6. The molecule has 0 radical (unpaired) electrons. The van der Waals surface area contributed by atoms with Crippen LogP contribution in [0.4, 0.5) is 0 Å². The highest BCUT2D eigenvalue weighted by molar-refractivity contribution is 5.95. The number of nitrogens with one attached hydrogen (secondary N) is 1. The van der Waals surface area contributed by atoms with Gasteiger partial charge < -0.3 is 14.8 Å². The summed E-state index contributed by atoms with van der Waals surface area (Å²) >= 11 is 0. The molecule has 23 heavy (non-hydrogen) atoms. The van der Waals surface area contributed by atoms with Gasteiger partial charge in [-0.1, -0.05) is 24.3 Å². The van der Waals surface area contributed by atoms with E-state index >= 15 is 0 Å². The van der Waals surface area contributed by atoms with Gasteiger partial charge in [0, 0.05) is 32.2 Å². The first-order valence-electron chi connectivity index (χ1n) is 7.52. The Bertz CT molecular complexity index is 723. The van der Waals surface area contributed by atoms with Gasteiger partial charge in [-0.3, -0.25) is 9.69 Å². The summed E-state index contributed by atoms with van der Waals surface area (Å²) in [5.74, 6) is -1.49. The number of hydrogen-bond donors (Lipinski definition) is 2. The number of amides is 1. The Morgan fingerprint density at radius 3 is 2.78 bits per heavy atom. The molecule has 0 spiro atoms. The fourth-order valence-corrected chi connectivity index (χ4v) is 2.73. The summed E-state index contributed by atoms with van der Waals surface area (Å²) in [7, 11) is 0. The Hall–Kier alpha value is -2.60. The highest BCUT2D eigenvalue weighted by atomic mass is 16.4. The van der Waals surface area contributed by atoms with Gasteiger partial charge in [0.2, 0.25) is 0 Å². The average molecular weight is 314 g/mol. The molecule has 120 valence electrons. The summed E-state index contributed by atoms with van der Waals surface area (Å²) in [4.78, 5) is 24.9. The van der Waals surface area contributed by atoms with Crippen molar-refractivity contribution in [1.29, 1.82) is 0 Å². The van der Waals surface area contributed by atoms with Crippen LogP contribution in [0, 0.1) is 0 Å². The minimum atomic E-state index is -1.11. The number of nitrogens with zero attached hydrogens (tertiary/aromatic N) is 1. The van der Waals surface area contributed by atoms with E-state index in [1.54, 1.807) is 0 Å². The van der Waals surface area contributed by atoms with Gasteiger partial charge in [-0.05, 0) is 17.5 Å². The van der Waals surface area contributed by atoms with E-state index in [2.05, 4.69) is 28.4 Å². The lowest BCUT2D eigenvalue weighted by Gasteiger charge is -2.28. The third-order valence-corrected chi connectivity index (χ3v) is 3.99. The Balaban J connectivity index is 1.48. The van der Waals surface area contributed by atoms with Crippen LogP contribution >= 0.6 is 0 Å². The predicted molar refractivity (Wildman–Crippen MR) is 83.4 cm³/mol. The molecule has 2 aromatic rings. The van der Waals surface area contributed by atoms with Crippen molar-refractivity contribution >= 4 is 11.9 Å². The number of carbonyl (C=O) groups excluding carboxylic acids is 1. The molecule has 0 fully saturated rings. The Morgan fingerprint density at radius 1 is 1.26 bits per heavy atom. The largest absolute Gasteiger partial charge is 0.478 e. The summed E-state index contributed by atoms with van der Waals surface area (Å²) < 4.78 is 4.97. The molecule has 1 aliphatic heterocycles. The highest BCUT2D eigenvalue weighted by Gasteiger charge is 2.17. The van der Waals surface area contributed by atoms with E-state index in [1.807, 2.05) is 6.07 Å². The fraction of sp³-hybridized carbons (Fsp3) is 0.294. The number of hydrogen-bond acceptors (Lipinski definition) is 4. The van der Waals surface area contributed by atoms with Crippen molar-refractivity contribution < 1.29 is 19.1 Å². The molecule has 2 N–H and O–H groups in total. The number of furan rings is 1. The third-order valence-electron chi connectivity index (χ3n) is 3.99. The molecular weight excluding hydrogens is 296 g/mol. The number of aromatic carboxylic acids is 1. The average Bonchev–Trinajstić information content (AvgIpc) is 3.05. The molecule has 1 amide bonds. The second-order valence-electron chi connectivity index (χ2n) is 5.56. The minimum absolute atomic E-state index is 0.0198. The zero-order chi connectivity index (χ0) is 16.2. The van der Waals surface area contributed by atoms with Gasteiger partial charge in [-0.15, -0.1) is 0 Å². The van der Waals surface area contributed by atoms with Crippen LogP contribution < -0.4 is 5.32 Å². The molecule has 0 aliphatic carbocycles. The van der Waals surface area contributed by atoms with Crippen LogP contribution in [-0.4, -0.2) is 41.5 Å². The Labute approximate surface area is 133 Å². The molecule has 0 bridgehead atoms. The summed E-state index contributed by atoms with van der Waals surface area (Å²) in [6, 6.07) is 9.63. The van der Waals surface area contributed by atoms with E-state index in [-0.39, 0.29) is 11.3 Å². The lowest BCUT2D eigenvalue weighted by atomic mass is 10.00. The van der Waals surface area contributed by atoms with Gasteiger partial charge in [0.1, 0.15) is 6.26 Å². The lowest BCUT2D eigenvalue weighted by Crippen LogP contribution is -2.37. The van der Waals surface area contributed by atoms with Gasteiger partial charge in [-0.25, -0.2) is 4.79 Å². The number of fused-ring (bicyclic) bond motifs is 1. The number of rotatable bonds is 5. The van der Waals surface area contributed by atoms with E-state index in [0.717, 1.165) is 32.3 Å². The topological polar surface area (TPSA) is 82.8 Å². The van der Waals surface area contributed by atoms with Gasteiger partial charge in [-0.2, -0.15) is 0 Å². The molecule has 1 aliphatic rings. The summed E-state index contributed by atoms with van der Waals surface area (Å²) in [6.07, 6.45) is 2.09. The zero-order valence-electron chi connectivity index (χ0n) is 12.6. The maximum absolute atomic E-state index is 11.9. The molecular formula is C17H18N2O4. The highest BCUT2D eigenvalue weighted by Crippen LogP contribution is 2.17. The van der Waals surface area contributed by atoms with Crippen molar-refractivity contribution in [2.24, 2.45) is 0 Å². The van der Waals surface area contributed by atoms with Gasteiger partial charge >= 0.3 is 5.97 Å². The Kier molecular flexibility index (Phi) is 4.43. The molecule has 0 saturated heterocycles. The molecule has 2 heterocycles. The van der Waals surface area contributed by atoms with Crippen molar-refractivity contribution in [3.63, 3.8) is 0 Å².